The molecular formula is C21H29IN4O2S. The second-order valence-corrected chi connectivity index (χ2v) is 7.77. The minimum atomic E-state index is 0. The van der Waals surface area contributed by atoms with Gasteiger partial charge in [0.25, 0.3) is 0 Å². The van der Waals surface area contributed by atoms with Crippen LogP contribution < -0.4 is 10.1 Å². The fourth-order valence-electron chi connectivity index (χ4n) is 3.32. The Morgan fingerprint density at radius 3 is 2.76 bits per heavy atom. The number of rotatable bonds is 6. The van der Waals surface area contributed by atoms with Crippen molar-refractivity contribution in [1.29, 1.82) is 0 Å². The van der Waals surface area contributed by atoms with Crippen LogP contribution in [0.1, 0.15) is 22.9 Å². The minimum absolute atomic E-state index is 0. The van der Waals surface area contributed by atoms with Gasteiger partial charge in [0.2, 0.25) is 5.91 Å². The predicted molar refractivity (Wildman–Crippen MR) is 129 cm³/mol. The first-order chi connectivity index (χ1) is 13.6. The van der Waals surface area contributed by atoms with E-state index in [-0.39, 0.29) is 36.4 Å². The van der Waals surface area contributed by atoms with E-state index < -0.39 is 0 Å². The maximum absolute atomic E-state index is 12.6. The summed E-state index contributed by atoms with van der Waals surface area (Å²) in [4.78, 5) is 22.3. The van der Waals surface area contributed by atoms with Gasteiger partial charge < -0.3 is 19.9 Å². The Hall–Kier alpha value is -1.81. The summed E-state index contributed by atoms with van der Waals surface area (Å²) in [5.41, 5.74) is 2.43. The molecule has 0 fully saturated rings. The lowest BCUT2D eigenvalue weighted by Gasteiger charge is -2.28. The van der Waals surface area contributed by atoms with Gasteiger partial charge in [0.1, 0.15) is 5.75 Å². The molecule has 6 nitrogen and oxygen atoms in total. The van der Waals surface area contributed by atoms with E-state index >= 15 is 0 Å². The largest absolute Gasteiger partial charge is 0.494 e. The second-order valence-electron chi connectivity index (χ2n) is 6.77. The standard InChI is InChI=1S/C21H28N4O2S.HI/c1-4-27-18-7-5-16(6-8-18)14-24(3)21(22-2)23-13-20(26)25-11-9-19-17(15-25)10-12-28-19;/h5-8,10,12H,4,9,11,13-15H2,1-3H3,(H,22,23);1H. The summed E-state index contributed by atoms with van der Waals surface area (Å²) >= 11 is 1.78. The van der Waals surface area contributed by atoms with E-state index in [2.05, 4.69) is 21.8 Å². The number of benzene rings is 1. The Bertz CT molecular complexity index is 822. The van der Waals surface area contributed by atoms with E-state index in [9.17, 15) is 4.79 Å². The Balaban J connectivity index is 0.00000300. The van der Waals surface area contributed by atoms with Gasteiger partial charge in [-0.25, -0.2) is 0 Å². The summed E-state index contributed by atoms with van der Waals surface area (Å²) in [7, 11) is 3.70. The molecule has 2 aromatic rings. The lowest BCUT2D eigenvalue weighted by Crippen LogP contribution is -2.46. The molecule has 0 saturated carbocycles. The predicted octanol–water partition coefficient (Wildman–Crippen LogP) is 3.36. The monoisotopic (exact) mass is 528 g/mol. The number of amides is 1. The molecule has 1 aliphatic rings. The van der Waals surface area contributed by atoms with Gasteiger partial charge in [0.15, 0.2) is 5.96 Å². The third kappa shape index (κ3) is 6.33. The normalized spacial score (nSPS) is 13.3. The summed E-state index contributed by atoms with van der Waals surface area (Å²) in [6.07, 6.45) is 0.950. The summed E-state index contributed by atoms with van der Waals surface area (Å²) in [5.74, 6) is 1.68. The van der Waals surface area contributed by atoms with Gasteiger partial charge in [-0.05, 0) is 48.1 Å². The number of nitrogens with one attached hydrogen (secondary N) is 1. The Kier molecular flexibility index (Phi) is 9.22. The fraction of sp³-hybridized carbons (Fsp3) is 0.429. The van der Waals surface area contributed by atoms with Crippen LogP contribution in [0, 0.1) is 0 Å². The molecule has 0 saturated heterocycles. The molecule has 158 valence electrons. The molecule has 1 N–H and O–H groups in total. The van der Waals surface area contributed by atoms with Crippen molar-refractivity contribution in [3.63, 3.8) is 0 Å². The molecule has 0 atom stereocenters. The Labute approximate surface area is 194 Å². The molecule has 1 amide bonds. The zero-order valence-corrected chi connectivity index (χ0v) is 20.3. The molecule has 29 heavy (non-hydrogen) atoms. The van der Waals surface area contributed by atoms with Crippen LogP contribution in [0.15, 0.2) is 40.7 Å². The van der Waals surface area contributed by atoms with Crippen molar-refractivity contribution in [3.8, 4) is 5.75 Å². The van der Waals surface area contributed by atoms with Crippen molar-refractivity contribution < 1.29 is 9.53 Å². The molecule has 0 aliphatic carbocycles. The van der Waals surface area contributed by atoms with Gasteiger partial charge in [-0.1, -0.05) is 12.1 Å². The Morgan fingerprint density at radius 2 is 2.07 bits per heavy atom. The average Bonchev–Trinajstić information content (AvgIpc) is 3.18. The van der Waals surface area contributed by atoms with Gasteiger partial charge in [-0.15, -0.1) is 35.3 Å². The molecule has 1 aromatic carbocycles. The topological polar surface area (TPSA) is 57.2 Å². The van der Waals surface area contributed by atoms with Crippen LogP contribution in [0.4, 0.5) is 0 Å². The smallest absolute Gasteiger partial charge is 0.242 e. The summed E-state index contributed by atoms with van der Waals surface area (Å²) in [6.45, 7) is 5.08. The second kappa shape index (κ2) is 11.4. The van der Waals surface area contributed by atoms with Gasteiger partial charge in [0, 0.05) is 38.6 Å². The first-order valence-electron chi connectivity index (χ1n) is 9.57. The fourth-order valence-corrected chi connectivity index (χ4v) is 4.21. The van der Waals surface area contributed by atoms with Gasteiger partial charge >= 0.3 is 0 Å². The number of halogens is 1. The number of carbonyl (C=O) groups is 1. The quantitative estimate of drug-likeness (QED) is 0.355. The number of hydrogen-bond acceptors (Lipinski definition) is 4. The molecule has 0 unspecified atom stereocenters. The average molecular weight is 528 g/mol. The van der Waals surface area contributed by atoms with Gasteiger partial charge in [-0.3, -0.25) is 9.79 Å². The number of guanidine groups is 1. The zero-order valence-electron chi connectivity index (χ0n) is 17.2. The van der Waals surface area contributed by atoms with Crippen molar-refractivity contribution in [1.82, 2.24) is 15.1 Å². The molecule has 3 rings (SSSR count). The zero-order chi connectivity index (χ0) is 19.9. The van der Waals surface area contributed by atoms with Crippen LogP contribution in [-0.4, -0.2) is 55.5 Å². The first-order valence-corrected chi connectivity index (χ1v) is 10.4. The van der Waals surface area contributed by atoms with Crippen molar-refractivity contribution in [2.24, 2.45) is 4.99 Å². The van der Waals surface area contributed by atoms with Gasteiger partial charge in [-0.2, -0.15) is 0 Å². The van der Waals surface area contributed by atoms with Crippen LogP contribution in [0.3, 0.4) is 0 Å². The summed E-state index contributed by atoms with van der Waals surface area (Å²) in [5, 5.41) is 5.30. The number of nitrogens with zero attached hydrogens (tertiary/aromatic N) is 3. The van der Waals surface area contributed by atoms with Crippen molar-refractivity contribution >= 4 is 47.2 Å². The van der Waals surface area contributed by atoms with Crippen LogP contribution in [0.25, 0.3) is 0 Å². The van der Waals surface area contributed by atoms with Crippen LogP contribution in [0.5, 0.6) is 5.75 Å². The number of fused-ring (bicyclic) bond motifs is 1. The molecule has 1 aliphatic heterocycles. The highest BCUT2D eigenvalue weighted by atomic mass is 127. The molecular weight excluding hydrogens is 499 g/mol. The number of carbonyl (C=O) groups excluding carboxylic acids is 1. The maximum atomic E-state index is 12.6. The van der Waals surface area contributed by atoms with E-state index in [1.165, 1.54) is 10.4 Å². The van der Waals surface area contributed by atoms with Crippen LogP contribution in [0.2, 0.25) is 0 Å². The SMILES string of the molecule is CCOc1ccc(CN(C)C(=NC)NCC(=O)N2CCc3sccc3C2)cc1.I. The lowest BCUT2D eigenvalue weighted by atomic mass is 10.1. The van der Waals surface area contributed by atoms with E-state index in [0.717, 1.165) is 24.3 Å². The highest BCUT2D eigenvalue weighted by Crippen LogP contribution is 2.23. The maximum Gasteiger partial charge on any atom is 0.242 e. The molecule has 1 aromatic heterocycles. The van der Waals surface area contributed by atoms with Crippen molar-refractivity contribution in [2.45, 2.75) is 26.4 Å². The highest BCUT2D eigenvalue weighted by molar-refractivity contribution is 14.0. The van der Waals surface area contributed by atoms with E-state index in [0.29, 0.717) is 25.7 Å². The third-order valence-electron chi connectivity index (χ3n) is 4.79. The number of ether oxygens (including phenoxy) is 1. The number of aliphatic imine (C=N–C) groups is 1. The first kappa shape index (κ1) is 23.5. The number of hydrogen-bond donors (Lipinski definition) is 1. The molecule has 0 bridgehead atoms. The minimum Gasteiger partial charge on any atom is -0.494 e. The summed E-state index contributed by atoms with van der Waals surface area (Å²) in [6, 6.07) is 10.2. The molecule has 8 heteroatoms. The van der Waals surface area contributed by atoms with Crippen LogP contribution >= 0.6 is 35.3 Å². The lowest BCUT2D eigenvalue weighted by molar-refractivity contribution is -0.130. The number of thiophene rings is 1. The highest BCUT2D eigenvalue weighted by Gasteiger charge is 2.21. The molecule has 0 radical (unpaired) electrons. The van der Waals surface area contributed by atoms with Crippen molar-refractivity contribution in [2.75, 3.05) is 33.8 Å². The molecule has 2 heterocycles. The summed E-state index contributed by atoms with van der Waals surface area (Å²) < 4.78 is 5.48. The van der Waals surface area contributed by atoms with Crippen molar-refractivity contribution in [3.05, 3.63) is 51.7 Å². The van der Waals surface area contributed by atoms with E-state index in [1.807, 2.05) is 48.0 Å². The van der Waals surface area contributed by atoms with E-state index in [4.69, 9.17) is 4.74 Å². The third-order valence-corrected chi connectivity index (χ3v) is 5.81. The van der Waals surface area contributed by atoms with E-state index in [1.54, 1.807) is 18.4 Å². The Morgan fingerprint density at radius 1 is 1.31 bits per heavy atom. The van der Waals surface area contributed by atoms with Crippen LogP contribution in [-0.2, 0) is 24.3 Å². The molecule has 0 spiro atoms. The van der Waals surface area contributed by atoms with Gasteiger partial charge in [0.05, 0.1) is 13.2 Å².